The lowest BCUT2D eigenvalue weighted by Gasteiger charge is -2.05. The molecule has 0 fully saturated rings. The predicted molar refractivity (Wildman–Crippen MR) is 96.1 cm³/mol. The summed E-state index contributed by atoms with van der Waals surface area (Å²) in [7, 11) is 0. The second-order valence-electron chi connectivity index (χ2n) is 5.31. The van der Waals surface area contributed by atoms with Crippen molar-refractivity contribution in [2.24, 2.45) is 0 Å². The number of rotatable bonds is 5. The molecule has 1 N–H and O–H groups in total. The minimum Gasteiger partial charge on any atom is -0.308 e. The number of carbonyl (C=O) groups is 1. The van der Waals surface area contributed by atoms with Gasteiger partial charge >= 0.3 is 0 Å². The minimum atomic E-state index is -0.179. The third-order valence-corrected chi connectivity index (χ3v) is 4.49. The van der Waals surface area contributed by atoms with Crippen LogP contribution in [0.25, 0.3) is 0 Å². The number of nitrogens with one attached hydrogen (secondary N) is 1. The van der Waals surface area contributed by atoms with Crippen molar-refractivity contribution in [3.05, 3.63) is 63.5 Å². The number of hydrogen-bond acceptors (Lipinski definition) is 3. The van der Waals surface area contributed by atoms with Gasteiger partial charge in [0.25, 0.3) is 0 Å². The lowest BCUT2D eigenvalue weighted by atomic mass is 10.2. The Morgan fingerprint density at radius 3 is 2.92 bits per heavy atom. The fourth-order valence-corrected chi connectivity index (χ4v) is 2.75. The molecule has 0 spiro atoms. The number of benzene rings is 1. The maximum Gasteiger partial charge on any atom is 0.247 e. The van der Waals surface area contributed by atoms with Crippen LogP contribution in [0.1, 0.15) is 11.3 Å². The van der Waals surface area contributed by atoms with Crippen LogP contribution in [0.3, 0.4) is 0 Å². The summed E-state index contributed by atoms with van der Waals surface area (Å²) in [6.07, 6.45) is 3.48. The minimum absolute atomic E-state index is 0.137. The Hall–Kier alpha value is -2.12. The summed E-state index contributed by atoms with van der Waals surface area (Å²) < 4.78 is 4.25. The van der Waals surface area contributed by atoms with E-state index < -0.39 is 0 Å². The van der Waals surface area contributed by atoms with Crippen LogP contribution in [0, 0.1) is 6.92 Å². The molecule has 2 heterocycles. The van der Waals surface area contributed by atoms with Gasteiger partial charge in [0.1, 0.15) is 6.54 Å². The predicted octanol–water partition coefficient (Wildman–Crippen LogP) is 3.49. The smallest absolute Gasteiger partial charge is 0.247 e. The van der Waals surface area contributed by atoms with Crippen molar-refractivity contribution in [2.45, 2.75) is 20.0 Å². The molecule has 0 aliphatic rings. The summed E-state index contributed by atoms with van der Waals surface area (Å²) in [5, 5.41) is 11.9. The van der Waals surface area contributed by atoms with Gasteiger partial charge in [-0.2, -0.15) is 10.2 Å². The number of nitrogens with zero attached hydrogens (tertiary/aromatic N) is 4. The van der Waals surface area contributed by atoms with E-state index in [1.165, 1.54) is 0 Å². The molecular weight excluding hydrogens is 394 g/mol. The van der Waals surface area contributed by atoms with Gasteiger partial charge in [0.05, 0.1) is 22.9 Å². The van der Waals surface area contributed by atoms with Gasteiger partial charge in [0, 0.05) is 17.3 Å². The van der Waals surface area contributed by atoms with Crippen molar-refractivity contribution in [1.29, 1.82) is 0 Å². The number of halogens is 2. The molecule has 1 aromatic carbocycles. The molecule has 3 aromatic rings. The standard InChI is InChI=1S/C16H15BrClN5O/c1-11-14(17)8-19-23(11)10-16(24)20-15-5-6-22(21-15)9-12-3-2-4-13(18)7-12/h2-8H,9-10H2,1H3,(H,20,21,24). The molecule has 0 saturated heterocycles. The van der Waals surface area contributed by atoms with E-state index >= 15 is 0 Å². The average molecular weight is 409 g/mol. The number of amides is 1. The van der Waals surface area contributed by atoms with Crippen molar-refractivity contribution in [3.8, 4) is 0 Å². The number of anilines is 1. The fourth-order valence-electron chi connectivity index (χ4n) is 2.24. The molecule has 6 nitrogen and oxygen atoms in total. The van der Waals surface area contributed by atoms with Gasteiger partial charge in [-0.1, -0.05) is 23.7 Å². The van der Waals surface area contributed by atoms with Crippen LogP contribution in [0.5, 0.6) is 0 Å². The molecule has 0 bridgehead atoms. The van der Waals surface area contributed by atoms with Gasteiger partial charge in [0.2, 0.25) is 5.91 Å². The summed E-state index contributed by atoms with van der Waals surface area (Å²) in [4.78, 5) is 12.1. The number of hydrogen-bond donors (Lipinski definition) is 1. The van der Waals surface area contributed by atoms with E-state index in [1.807, 2.05) is 37.4 Å². The SMILES string of the molecule is Cc1c(Br)cnn1CC(=O)Nc1ccn(Cc2cccc(Cl)c2)n1. The van der Waals surface area contributed by atoms with E-state index in [9.17, 15) is 4.79 Å². The number of aromatic nitrogens is 4. The highest BCUT2D eigenvalue weighted by molar-refractivity contribution is 9.10. The van der Waals surface area contributed by atoms with Crippen molar-refractivity contribution in [1.82, 2.24) is 19.6 Å². The van der Waals surface area contributed by atoms with Gasteiger partial charge in [-0.3, -0.25) is 14.2 Å². The molecule has 124 valence electrons. The van der Waals surface area contributed by atoms with Gasteiger partial charge in [-0.15, -0.1) is 0 Å². The molecule has 0 aliphatic heterocycles. The summed E-state index contributed by atoms with van der Waals surface area (Å²) >= 11 is 9.35. The summed E-state index contributed by atoms with van der Waals surface area (Å²) in [6, 6.07) is 9.35. The summed E-state index contributed by atoms with van der Waals surface area (Å²) in [5.41, 5.74) is 1.94. The van der Waals surface area contributed by atoms with Crippen molar-refractivity contribution >= 4 is 39.3 Å². The molecule has 0 radical (unpaired) electrons. The molecule has 1 amide bonds. The Balaban J connectivity index is 1.61. The maximum atomic E-state index is 12.1. The zero-order chi connectivity index (χ0) is 17.1. The van der Waals surface area contributed by atoms with E-state index in [2.05, 4.69) is 31.4 Å². The van der Waals surface area contributed by atoms with Gasteiger partial charge < -0.3 is 5.32 Å². The Labute approximate surface area is 152 Å². The van der Waals surface area contributed by atoms with Crippen LogP contribution in [-0.2, 0) is 17.9 Å². The first-order chi connectivity index (χ1) is 11.5. The average Bonchev–Trinajstić information content (AvgIpc) is 3.09. The second-order valence-corrected chi connectivity index (χ2v) is 6.60. The quantitative estimate of drug-likeness (QED) is 0.703. The molecule has 0 aliphatic carbocycles. The highest BCUT2D eigenvalue weighted by Gasteiger charge is 2.10. The lowest BCUT2D eigenvalue weighted by Crippen LogP contribution is -2.20. The molecule has 8 heteroatoms. The van der Waals surface area contributed by atoms with E-state index in [-0.39, 0.29) is 12.5 Å². The third-order valence-electron chi connectivity index (χ3n) is 3.48. The van der Waals surface area contributed by atoms with Crippen molar-refractivity contribution in [3.63, 3.8) is 0 Å². The number of carbonyl (C=O) groups excluding carboxylic acids is 1. The van der Waals surface area contributed by atoms with Crippen LogP contribution in [0.2, 0.25) is 5.02 Å². The van der Waals surface area contributed by atoms with Crippen molar-refractivity contribution in [2.75, 3.05) is 5.32 Å². The first-order valence-electron chi connectivity index (χ1n) is 7.27. The van der Waals surface area contributed by atoms with Crippen LogP contribution in [0.15, 0.2) is 47.2 Å². The highest BCUT2D eigenvalue weighted by Crippen LogP contribution is 2.15. The van der Waals surface area contributed by atoms with Gasteiger partial charge in [-0.25, -0.2) is 0 Å². The van der Waals surface area contributed by atoms with E-state index in [0.29, 0.717) is 17.4 Å². The van der Waals surface area contributed by atoms with Crippen LogP contribution >= 0.6 is 27.5 Å². The maximum absolute atomic E-state index is 12.1. The Morgan fingerprint density at radius 1 is 1.38 bits per heavy atom. The van der Waals surface area contributed by atoms with Gasteiger partial charge in [-0.05, 0) is 40.5 Å². The summed E-state index contributed by atoms with van der Waals surface area (Å²) in [5.74, 6) is 0.326. The molecule has 0 unspecified atom stereocenters. The van der Waals surface area contributed by atoms with Gasteiger partial charge in [0.15, 0.2) is 5.82 Å². The Kier molecular flexibility index (Phi) is 5.01. The molecule has 2 aromatic heterocycles. The zero-order valence-electron chi connectivity index (χ0n) is 12.9. The first-order valence-corrected chi connectivity index (χ1v) is 8.44. The largest absolute Gasteiger partial charge is 0.308 e. The molecule has 0 atom stereocenters. The van der Waals surface area contributed by atoms with Crippen LogP contribution in [-0.4, -0.2) is 25.5 Å². The van der Waals surface area contributed by atoms with Crippen molar-refractivity contribution < 1.29 is 4.79 Å². The van der Waals surface area contributed by atoms with E-state index in [4.69, 9.17) is 11.6 Å². The normalized spacial score (nSPS) is 10.8. The monoisotopic (exact) mass is 407 g/mol. The first kappa shape index (κ1) is 16.7. The third kappa shape index (κ3) is 4.04. The van der Waals surface area contributed by atoms with E-state index in [0.717, 1.165) is 15.7 Å². The zero-order valence-corrected chi connectivity index (χ0v) is 15.3. The Bertz CT molecular complexity index is 873. The Morgan fingerprint density at radius 2 is 2.21 bits per heavy atom. The molecular formula is C16H15BrClN5O. The highest BCUT2D eigenvalue weighted by atomic mass is 79.9. The summed E-state index contributed by atoms with van der Waals surface area (Å²) in [6.45, 7) is 2.62. The fraction of sp³-hybridized carbons (Fsp3) is 0.188. The molecule has 0 saturated carbocycles. The topological polar surface area (TPSA) is 64.7 Å². The molecule has 24 heavy (non-hydrogen) atoms. The lowest BCUT2D eigenvalue weighted by molar-refractivity contribution is -0.117. The molecule has 3 rings (SSSR count). The van der Waals surface area contributed by atoms with E-state index in [1.54, 1.807) is 21.6 Å². The van der Waals surface area contributed by atoms with Crippen LogP contribution < -0.4 is 5.32 Å². The van der Waals surface area contributed by atoms with Crippen LogP contribution in [0.4, 0.5) is 5.82 Å². The second kappa shape index (κ2) is 7.19.